The molecular formula is C24H34O5. The highest BCUT2D eigenvalue weighted by Gasteiger charge is 2.40. The maximum atomic E-state index is 12.5. The number of hydrogen-bond donors (Lipinski definition) is 3. The lowest BCUT2D eigenvalue weighted by atomic mass is 9.68. The zero-order valence-corrected chi connectivity index (χ0v) is 18.2. The second-order valence-corrected chi connectivity index (χ2v) is 8.20. The van der Waals surface area contributed by atoms with Gasteiger partial charge in [0.15, 0.2) is 0 Å². The van der Waals surface area contributed by atoms with Crippen LogP contribution in [0.15, 0.2) is 23.8 Å². The number of methoxy groups -OCH3 is 1. The second kappa shape index (κ2) is 9.49. The molecule has 3 N–H and O–H groups in total. The van der Waals surface area contributed by atoms with Crippen LogP contribution in [0.3, 0.4) is 0 Å². The van der Waals surface area contributed by atoms with Gasteiger partial charge in [-0.1, -0.05) is 44.1 Å². The first-order valence-electron chi connectivity index (χ1n) is 10.4. The van der Waals surface area contributed by atoms with E-state index in [-0.39, 0.29) is 28.5 Å². The molecule has 0 fully saturated rings. The Morgan fingerprint density at radius 2 is 2.03 bits per heavy atom. The van der Waals surface area contributed by atoms with Crippen LogP contribution in [0.2, 0.25) is 0 Å². The molecule has 0 heterocycles. The predicted octanol–water partition coefficient (Wildman–Crippen LogP) is 5.30. The summed E-state index contributed by atoms with van der Waals surface area (Å²) in [6.07, 6.45) is 9.50. The van der Waals surface area contributed by atoms with Gasteiger partial charge in [-0.2, -0.15) is 0 Å². The third-order valence-electron chi connectivity index (χ3n) is 6.09. The molecule has 29 heavy (non-hydrogen) atoms. The van der Waals surface area contributed by atoms with Gasteiger partial charge in [0.05, 0.1) is 12.7 Å². The number of phenols is 2. The van der Waals surface area contributed by atoms with E-state index in [0.717, 1.165) is 31.3 Å². The molecule has 1 aliphatic carbocycles. The quantitative estimate of drug-likeness (QED) is 0.426. The first kappa shape index (κ1) is 23.0. The summed E-state index contributed by atoms with van der Waals surface area (Å²) in [5.74, 6) is -1.62. The van der Waals surface area contributed by atoms with Gasteiger partial charge >= 0.3 is 5.97 Å². The average molecular weight is 403 g/mol. The Hall–Kier alpha value is -2.27. The maximum Gasteiger partial charge on any atom is 0.342 e. The van der Waals surface area contributed by atoms with Crippen molar-refractivity contribution >= 4 is 12.0 Å². The van der Waals surface area contributed by atoms with Crippen molar-refractivity contribution in [1.29, 1.82) is 0 Å². The van der Waals surface area contributed by atoms with E-state index in [1.807, 2.05) is 32.9 Å². The van der Waals surface area contributed by atoms with Gasteiger partial charge < -0.3 is 20.1 Å². The van der Waals surface area contributed by atoms with Gasteiger partial charge in [0.25, 0.3) is 0 Å². The lowest BCUT2D eigenvalue weighted by molar-refractivity contribution is -0.0165. The van der Waals surface area contributed by atoms with E-state index < -0.39 is 17.5 Å². The molecule has 1 aromatic carbocycles. The number of carbonyl (C=O) groups is 1. The van der Waals surface area contributed by atoms with E-state index in [0.29, 0.717) is 12.0 Å². The molecule has 0 spiro atoms. The zero-order valence-electron chi connectivity index (χ0n) is 18.2. The van der Waals surface area contributed by atoms with Gasteiger partial charge in [-0.25, -0.2) is 4.79 Å². The second-order valence-electron chi connectivity index (χ2n) is 8.20. The number of benzene rings is 1. The van der Waals surface area contributed by atoms with Crippen molar-refractivity contribution in [2.75, 3.05) is 7.11 Å². The molecule has 3 unspecified atom stereocenters. The molecule has 3 atom stereocenters. The van der Waals surface area contributed by atoms with Crippen molar-refractivity contribution in [3.63, 3.8) is 0 Å². The van der Waals surface area contributed by atoms with E-state index in [4.69, 9.17) is 4.74 Å². The Bertz CT molecular complexity index is 804. The highest BCUT2D eigenvalue weighted by molar-refractivity contribution is 5.97. The fraction of sp³-hybridized carbons (Fsp3) is 0.542. The average Bonchev–Trinajstić information content (AvgIpc) is 2.67. The third-order valence-corrected chi connectivity index (χ3v) is 6.09. The summed E-state index contributed by atoms with van der Waals surface area (Å²) in [6, 6.07) is 1.50. The first-order chi connectivity index (χ1) is 13.7. The van der Waals surface area contributed by atoms with Crippen molar-refractivity contribution in [2.45, 2.75) is 71.3 Å². The van der Waals surface area contributed by atoms with Crippen LogP contribution in [0.4, 0.5) is 0 Å². The zero-order chi connectivity index (χ0) is 21.8. The fourth-order valence-electron chi connectivity index (χ4n) is 4.16. The molecule has 0 saturated heterocycles. The van der Waals surface area contributed by atoms with Crippen LogP contribution in [0.25, 0.3) is 6.08 Å². The third kappa shape index (κ3) is 4.84. The van der Waals surface area contributed by atoms with Crippen molar-refractivity contribution in [1.82, 2.24) is 0 Å². The Morgan fingerprint density at radius 1 is 1.34 bits per heavy atom. The van der Waals surface area contributed by atoms with E-state index in [1.165, 1.54) is 13.2 Å². The fourth-order valence-corrected chi connectivity index (χ4v) is 4.16. The summed E-state index contributed by atoms with van der Waals surface area (Å²) >= 11 is 0. The molecule has 160 valence electrons. The molecule has 0 aromatic heterocycles. The number of unbranched alkanes of at least 4 members (excludes halogenated alkanes) is 1. The van der Waals surface area contributed by atoms with Crippen molar-refractivity contribution in [2.24, 2.45) is 5.92 Å². The van der Waals surface area contributed by atoms with Crippen molar-refractivity contribution < 1.29 is 24.9 Å². The summed E-state index contributed by atoms with van der Waals surface area (Å²) in [6.45, 7) is 7.75. The minimum absolute atomic E-state index is 0.0409. The standard InChI is InChI=1S/C24H34O5/c1-6-8-9-10-16-14-19(25)21(22(26)20(16)23(27)29-5)17-13-15(3)11-12-18(17)24(4,28)7-2/h9-10,13-14,17-18,25-26,28H,6-8,11-12H2,1-5H3/b10-9+. The Labute approximate surface area is 173 Å². The predicted molar refractivity (Wildman–Crippen MR) is 115 cm³/mol. The van der Waals surface area contributed by atoms with Crippen LogP contribution in [0.1, 0.15) is 87.2 Å². The Kier molecular flexibility index (Phi) is 7.53. The largest absolute Gasteiger partial charge is 0.507 e. The maximum absolute atomic E-state index is 12.5. The summed E-state index contributed by atoms with van der Waals surface area (Å²) in [5.41, 5.74) is 0.893. The van der Waals surface area contributed by atoms with Gasteiger partial charge in [-0.05, 0) is 57.1 Å². The van der Waals surface area contributed by atoms with Crippen LogP contribution in [-0.4, -0.2) is 34.0 Å². The number of esters is 1. The van der Waals surface area contributed by atoms with Crippen LogP contribution in [0, 0.1) is 5.92 Å². The molecule has 5 nitrogen and oxygen atoms in total. The van der Waals surface area contributed by atoms with Gasteiger partial charge in [0.1, 0.15) is 17.1 Å². The number of phenolic OH excluding ortho intramolecular Hbond substituents is 2. The van der Waals surface area contributed by atoms with E-state index >= 15 is 0 Å². The van der Waals surface area contributed by atoms with Gasteiger partial charge in [0, 0.05) is 11.5 Å². The molecule has 0 radical (unpaired) electrons. The Balaban J connectivity index is 2.70. The normalized spacial score (nSPS) is 21.7. The number of allylic oxidation sites excluding steroid dienone is 3. The van der Waals surface area contributed by atoms with Crippen LogP contribution >= 0.6 is 0 Å². The highest BCUT2D eigenvalue weighted by atomic mass is 16.5. The first-order valence-corrected chi connectivity index (χ1v) is 10.4. The minimum atomic E-state index is -0.966. The molecule has 0 aliphatic heterocycles. The molecular weight excluding hydrogens is 368 g/mol. The smallest absolute Gasteiger partial charge is 0.342 e. The van der Waals surface area contributed by atoms with E-state index in [9.17, 15) is 20.1 Å². The van der Waals surface area contributed by atoms with Crippen LogP contribution < -0.4 is 0 Å². The molecule has 0 saturated carbocycles. The van der Waals surface area contributed by atoms with E-state index in [1.54, 1.807) is 13.0 Å². The molecule has 2 rings (SSSR count). The number of ether oxygens (including phenoxy) is 1. The van der Waals surface area contributed by atoms with E-state index in [2.05, 4.69) is 0 Å². The SMILES string of the molecule is CCC/C=C/c1cc(O)c(C2C=C(C)CCC2C(C)(O)CC)c(O)c1C(=O)OC. The molecule has 5 heteroatoms. The lowest BCUT2D eigenvalue weighted by Gasteiger charge is -2.40. The number of hydrogen-bond acceptors (Lipinski definition) is 5. The molecule has 1 aromatic rings. The van der Waals surface area contributed by atoms with Gasteiger partial charge in [-0.3, -0.25) is 0 Å². The highest BCUT2D eigenvalue weighted by Crippen LogP contribution is 2.50. The molecule has 0 bridgehead atoms. The summed E-state index contributed by atoms with van der Waals surface area (Å²) in [7, 11) is 1.27. The van der Waals surface area contributed by atoms with Crippen LogP contribution in [-0.2, 0) is 4.74 Å². The number of aliphatic hydroxyl groups is 1. The number of carbonyl (C=O) groups excluding carboxylic acids is 1. The Morgan fingerprint density at radius 3 is 2.62 bits per heavy atom. The van der Waals surface area contributed by atoms with Crippen molar-refractivity contribution in [3.05, 3.63) is 40.5 Å². The summed E-state index contributed by atoms with van der Waals surface area (Å²) < 4.78 is 4.90. The minimum Gasteiger partial charge on any atom is -0.507 e. The molecule has 0 amide bonds. The summed E-state index contributed by atoms with van der Waals surface area (Å²) in [4.78, 5) is 12.5. The number of aromatic hydroxyl groups is 2. The number of rotatable bonds is 7. The topological polar surface area (TPSA) is 87.0 Å². The van der Waals surface area contributed by atoms with Crippen molar-refractivity contribution in [3.8, 4) is 11.5 Å². The molecule has 1 aliphatic rings. The van der Waals surface area contributed by atoms with Gasteiger partial charge in [-0.15, -0.1) is 0 Å². The van der Waals surface area contributed by atoms with Gasteiger partial charge in [0.2, 0.25) is 0 Å². The van der Waals surface area contributed by atoms with Crippen LogP contribution in [0.5, 0.6) is 11.5 Å². The lowest BCUT2D eigenvalue weighted by Crippen LogP contribution is -2.38. The monoisotopic (exact) mass is 402 g/mol. The summed E-state index contributed by atoms with van der Waals surface area (Å²) in [5, 5.41) is 32.9.